The van der Waals surface area contributed by atoms with Crippen molar-refractivity contribution in [1.29, 1.82) is 0 Å². The molecule has 8 nitrogen and oxygen atoms in total. The van der Waals surface area contributed by atoms with E-state index in [1.54, 1.807) is 13.8 Å². The Bertz CT molecular complexity index is 681. The minimum Gasteiger partial charge on any atom is -0.467 e. The molecule has 1 N–H and O–H groups in total. The Morgan fingerprint density at radius 3 is 2.44 bits per heavy atom. The Hall–Kier alpha value is -2.64. The van der Waals surface area contributed by atoms with E-state index in [1.165, 1.54) is 20.1 Å². The molecule has 0 bridgehead atoms. The lowest BCUT2D eigenvalue weighted by molar-refractivity contribution is -0.147. The number of ether oxygens (including phenoxy) is 2. The monoisotopic (exact) mass is 353 g/mol. The molecule has 0 saturated carbocycles. The molecule has 0 aromatic carbocycles. The molecule has 0 aliphatic rings. The van der Waals surface area contributed by atoms with Gasteiger partial charge in [0.2, 0.25) is 0 Å². The van der Waals surface area contributed by atoms with Crippen LogP contribution in [0.15, 0.2) is 15.3 Å². The fraction of sp³-hybridized carbons (Fsp3) is 0.529. The van der Waals surface area contributed by atoms with Gasteiger partial charge in [-0.25, -0.2) is 14.4 Å². The first-order valence-corrected chi connectivity index (χ1v) is 7.86. The summed E-state index contributed by atoms with van der Waals surface area (Å²) in [5.41, 5.74) is -0.0798. The number of hydrogen-bond acceptors (Lipinski definition) is 7. The molecule has 138 valence electrons. The first kappa shape index (κ1) is 20.4. The van der Waals surface area contributed by atoms with Crippen LogP contribution in [-0.2, 0) is 19.1 Å². The normalized spacial score (nSPS) is 12.8. The van der Waals surface area contributed by atoms with Gasteiger partial charge in [0.25, 0.3) is 5.91 Å². The summed E-state index contributed by atoms with van der Waals surface area (Å²) in [4.78, 5) is 47.1. The van der Waals surface area contributed by atoms with Crippen LogP contribution in [0.5, 0.6) is 0 Å². The van der Waals surface area contributed by atoms with Gasteiger partial charge in [0.05, 0.1) is 7.11 Å². The van der Waals surface area contributed by atoms with E-state index in [0.717, 1.165) is 0 Å². The first-order valence-electron chi connectivity index (χ1n) is 7.86. The van der Waals surface area contributed by atoms with Gasteiger partial charge in [-0.15, -0.1) is 0 Å². The summed E-state index contributed by atoms with van der Waals surface area (Å²) < 4.78 is 14.5. The van der Waals surface area contributed by atoms with E-state index in [-0.39, 0.29) is 17.2 Å². The predicted molar refractivity (Wildman–Crippen MR) is 88.1 cm³/mol. The van der Waals surface area contributed by atoms with Crippen molar-refractivity contribution in [2.24, 2.45) is 5.92 Å². The molecule has 0 aliphatic heterocycles. The van der Waals surface area contributed by atoms with Crippen LogP contribution in [0, 0.1) is 19.8 Å². The number of nitrogens with one attached hydrogen (secondary N) is 1. The average molecular weight is 353 g/mol. The van der Waals surface area contributed by atoms with E-state index in [9.17, 15) is 19.2 Å². The molecule has 8 heteroatoms. The Kier molecular flexibility index (Phi) is 7.35. The molecule has 0 spiro atoms. The number of hydrogen-bond donors (Lipinski definition) is 1. The van der Waals surface area contributed by atoms with Gasteiger partial charge < -0.3 is 19.2 Å². The summed E-state index contributed by atoms with van der Waals surface area (Å²) in [5, 5.41) is 2.50. The van der Waals surface area contributed by atoms with Crippen molar-refractivity contribution in [1.82, 2.24) is 5.32 Å². The third-order valence-corrected chi connectivity index (χ3v) is 3.86. The highest BCUT2D eigenvalue weighted by atomic mass is 16.5. The second kappa shape index (κ2) is 9.00. The van der Waals surface area contributed by atoms with Crippen LogP contribution in [0.1, 0.15) is 41.9 Å². The molecule has 0 radical (unpaired) electrons. The van der Waals surface area contributed by atoms with Crippen LogP contribution >= 0.6 is 0 Å². The Morgan fingerprint density at radius 1 is 1.28 bits per heavy atom. The van der Waals surface area contributed by atoms with E-state index in [0.29, 0.717) is 12.0 Å². The summed E-state index contributed by atoms with van der Waals surface area (Å²) in [6.45, 7) is 6.13. The summed E-state index contributed by atoms with van der Waals surface area (Å²) in [5.74, 6) is -2.00. The zero-order valence-corrected chi connectivity index (χ0v) is 15.0. The molecule has 0 fully saturated rings. The second-order valence-corrected chi connectivity index (χ2v) is 5.71. The first-order chi connectivity index (χ1) is 11.7. The SMILES string of the molecule is CCC(C)C(NC(=O)COC(=O)c1c(C)cc(=O)oc1C)C(=O)OC. The molecule has 2 unspecified atom stereocenters. The molecule has 0 saturated heterocycles. The van der Waals surface area contributed by atoms with Gasteiger partial charge >= 0.3 is 17.6 Å². The number of carbonyl (C=O) groups is 3. The molecule has 1 rings (SSSR count). The van der Waals surface area contributed by atoms with E-state index < -0.39 is 36.1 Å². The minimum absolute atomic E-state index is 0.0962. The van der Waals surface area contributed by atoms with E-state index >= 15 is 0 Å². The van der Waals surface area contributed by atoms with Gasteiger partial charge in [0, 0.05) is 6.07 Å². The number of esters is 2. The quantitative estimate of drug-likeness (QED) is 0.731. The Balaban J connectivity index is 2.74. The van der Waals surface area contributed by atoms with Crippen LogP contribution in [0.4, 0.5) is 0 Å². The number of rotatable bonds is 7. The van der Waals surface area contributed by atoms with Crippen LogP contribution in [0.25, 0.3) is 0 Å². The van der Waals surface area contributed by atoms with Crippen molar-refractivity contribution in [2.75, 3.05) is 13.7 Å². The standard InChI is InChI=1S/C17H23NO7/c1-6-9(2)15(17(22)23-5)18-12(19)8-24-16(21)14-10(3)7-13(20)25-11(14)4/h7,9,15H,6,8H2,1-5H3,(H,18,19). The smallest absolute Gasteiger partial charge is 0.342 e. The lowest BCUT2D eigenvalue weighted by Crippen LogP contribution is -2.47. The maximum atomic E-state index is 12.1. The number of aryl methyl sites for hydroxylation is 2. The molecule has 1 amide bonds. The molecule has 1 aromatic heterocycles. The van der Waals surface area contributed by atoms with Crippen molar-refractivity contribution in [3.63, 3.8) is 0 Å². The van der Waals surface area contributed by atoms with E-state index in [2.05, 4.69) is 10.1 Å². The Morgan fingerprint density at radius 2 is 1.92 bits per heavy atom. The fourth-order valence-electron chi connectivity index (χ4n) is 2.28. The highest BCUT2D eigenvalue weighted by Gasteiger charge is 2.27. The van der Waals surface area contributed by atoms with E-state index in [1.807, 2.05) is 6.92 Å². The van der Waals surface area contributed by atoms with Crippen molar-refractivity contribution in [3.05, 3.63) is 33.4 Å². The summed E-state index contributed by atoms with van der Waals surface area (Å²) in [7, 11) is 1.23. The number of methoxy groups -OCH3 is 1. The van der Waals surface area contributed by atoms with Crippen LogP contribution in [0.3, 0.4) is 0 Å². The molecular formula is C17H23NO7. The topological polar surface area (TPSA) is 112 Å². The second-order valence-electron chi connectivity index (χ2n) is 5.71. The maximum Gasteiger partial charge on any atom is 0.342 e. The third kappa shape index (κ3) is 5.44. The van der Waals surface area contributed by atoms with Gasteiger partial charge in [0.15, 0.2) is 6.61 Å². The van der Waals surface area contributed by atoms with Gasteiger partial charge in [-0.3, -0.25) is 4.79 Å². The van der Waals surface area contributed by atoms with Crippen LogP contribution < -0.4 is 10.9 Å². The van der Waals surface area contributed by atoms with Crippen molar-refractivity contribution >= 4 is 17.8 Å². The van der Waals surface area contributed by atoms with Crippen molar-refractivity contribution in [3.8, 4) is 0 Å². The summed E-state index contributed by atoms with van der Waals surface area (Å²) in [6, 6.07) is 0.347. The third-order valence-electron chi connectivity index (χ3n) is 3.86. The van der Waals surface area contributed by atoms with Crippen LogP contribution in [-0.4, -0.2) is 37.6 Å². The average Bonchev–Trinajstić information content (AvgIpc) is 2.55. The van der Waals surface area contributed by atoms with Gasteiger partial charge in [-0.1, -0.05) is 20.3 Å². The van der Waals surface area contributed by atoms with E-state index in [4.69, 9.17) is 9.15 Å². The molecule has 1 heterocycles. The molecule has 1 aromatic rings. The molecule has 2 atom stereocenters. The molecule has 25 heavy (non-hydrogen) atoms. The highest BCUT2D eigenvalue weighted by molar-refractivity contribution is 5.93. The minimum atomic E-state index is -0.820. The molecule has 0 aliphatic carbocycles. The lowest BCUT2D eigenvalue weighted by Gasteiger charge is -2.21. The van der Waals surface area contributed by atoms with Crippen molar-refractivity contribution < 1.29 is 28.3 Å². The maximum absolute atomic E-state index is 12.1. The predicted octanol–water partition coefficient (Wildman–Crippen LogP) is 1.12. The highest BCUT2D eigenvalue weighted by Crippen LogP contribution is 2.13. The fourth-order valence-corrected chi connectivity index (χ4v) is 2.28. The number of carbonyl (C=O) groups excluding carboxylic acids is 3. The Labute approximate surface area is 145 Å². The zero-order valence-electron chi connectivity index (χ0n) is 15.0. The van der Waals surface area contributed by atoms with Gasteiger partial charge in [-0.05, 0) is 25.3 Å². The van der Waals surface area contributed by atoms with Gasteiger partial charge in [0.1, 0.15) is 17.4 Å². The zero-order chi connectivity index (χ0) is 19.1. The van der Waals surface area contributed by atoms with Gasteiger partial charge in [-0.2, -0.15) is 0 Å². The summed E-state index contributed by atoms with van der Waals surface area (Å²) in [6.07, 6.45) is 0.654. The molecular weight excluding hydrogens is 330 g/mol. The lowest BCUT2D eigenvalue weighted by atomic mass is 9.99. The largest absolute Gasteiger partial charge is 0.467 e. The van der Waals surface area contributed by atoms with Crippen molar-refractivity contribution in [2.45, 2.75) is 40.2 Å². The number of amides is 1. The van der Waals surface area contributed by atoms with Crippen LogP contribution in [0.2, 0.25) is 0 Å². The summed E-state index contributed by atoms with van der Waals surface area (Å²) >= 11 is 0.